The highest BCUT2D eigenvalue weighted by Crippen LogP contribution is 2.34. The third-order valence-corrected chi connectivity index (χ3v) is 5.24. The molecule has 2 aromatic carbocycles. The molecule has 0 unspecified atom stereocenters. The average molecular weight is 334 g/mol. The predicted molar refractivity (Wildman–Crippen MR) is 98.9 cm³/mol. The second-order valence-electron chi connectivity index (χ2n) is 6.88. The van der Waals surface area contributed by atoms with Crippen molar-refractivity contribution in [2.24, 2.45) is 5.92 Å². The molecule has 0 saturated heterocycles. The van der Waals surface area contributed by atoms with Gasteiger partial charge in [-0.2, -0.15) is 0 Å². The van der Waals surface area contributed by atoms with Gasteiger partial charge in [0.15, 0.2) is 0 Å². The zero-order chi connectivity index (χ0) is 17.2. The molecule has 1 aliphatic heterocycles. The van der Waals surface area contributed by atoms with Gasteiger partial charge >= 0.3 is 0 Å². The minimum atomic E-state index is -0.113. The van der Waals surface area contributed by atoms with E-state index in [9.17, 15) is 9.59 Å². The fourth-order valence-corrected chi connectivity index (χ4v) is 3.89. The van der Waals surface area contributed by atoms with E-state index in [2.05, 4.69) is 5.32 Å². The molecule has 4 heteroatoms. The molecule has 0 atom stereocenters. The molecule has 0 aromatic heterocycles. The molecule has 1 saturated carbocycles. The predicted octanol–water partition coefficient (Wildman–Crippen LogP) is 4.02. The third kappa shape index (κ3) is 3.16. The second-order valence-corrected chi connectivity index (χ2v) is 6.88. The molecule has 4 nitrogen and oxygen atoms in total. The van der Waals surface area contributed by atoms with Crippen molar-refractivity contribution in [1.29, 1.82) is 0 Å². The number of nitrogens with one attached hydrogen (secondary N) is 1. The highest BCUT2D eigenvalue weighted by atomic mass is 16.2. The molecule has 0 spiro atoms. The summed E-state index contributed by atoms with van der Waals surface area (Å²) < 4.78 is 0. The van der Waals surface area contributed by atoms with E-state index < -0.39 is 0 Å². The minimum absolute atomic E-state index is 0.113. The first kappa shape index (κ1) is 15.9. The van der Waals surface area contributed by atoms with Gasteiger partial charge in [0.25, 0.3) is 5.91 Å². The first-order valence-corrected chi connectivity index (χ1v) is 9.03. The largest absolute Gasteiger partial charge is 0.322 e. The Morgan fingerprint density at radius 1 is 1.00 bits per heavy atom. The summed E-state index contributed by atoms with van der Waals surface area (Å²) in [4.78, 5) is 26.9. The summed E-state index contributed by atoms with van der Waals surface area (Å²) in [6.07, 6.45) is 5.23. The summed E-state index contributed by atoms with van der Waals surface area (Å²) in [7, 11) is 0. The summed E-state index contributed by atoms with van der Waals surface area (Å²) in [6.45, 7) is 0.751. The van der Waals surface area contributed by atoms with Crippen LogP contribution in [-0.2, 0) is 11.2 Å². The zero-order valence-electron chi connectivity index (χ0n) is 14.2. The highest BCUT2D eigenvalue weighted by Gasteiger charge is 2.31. The fourth-order valence-electron chi connectivity index (χ4n) is 3.89. The number of amides is 2. The number of hydrogen-bond acceptors (Lipinski definition) is 2. The first-order valence-electron chi connectivity index (χ1n) is 9.03. The monoisotopic (exact) mass is 334 g/mol. The van der Waals surface area contributed by atoms with Crippen LogP contribution in [0.4, 0.5) is 11.4 Å². The quantitative estimate of drug-likeness (QED) is 0.922. The van der Waals surface area contributed by atoms with E-state index in [4.69, 9.17) is 0 Å². The van der Waals surface area contributed by atoms with Gasteiger partial charge in [-0.3, -0.25) is 9.59 Å². The van der Waals surface area contributed by atoms with Gasteiger partial charge in [0.1, 0.15) is 0 Å². The van der Waals surface area contributed by atoms with E-state index in [1.54, 1.807) is 12.1 Å². The van der Waals surface area contributed by atoms with Crippen molar-refractivity contribution in [1.82, 2.24) is 0 Å². The van der Waals surface area contributed by atoms with Crippen molar-refractivity contribution in [3.05, 3.63) is 59.7 Å². The third-order valence-electron chi connectivity index (χ3n) is 5.24. The maximum atomic E-state index is 12.7. The first-order chi connectivity index (χ1) is 12.2. The Hall–Kier alpha value is -2.62. The molecular formula is C21H22N2O2. The van der Waals surface area contributed by atoms with Gasteiger partial charge in [0, 0.05) is 29.4 Å². The summed E-state index contributed by atoms with van der Waals surface area (Å²) in [5, 5.41) is 2.94. The lowest BCUT2D eigenvalue weighted by Gasteiger charge is -2.21. The van der Waals surface area contributed by atoms with Crippen molar-refractivity contribution in [2.45, 2.75) is 32.1 Å². The van der Waals surface area contributed by atoms with Crippen LogP contribution in [0.15, 0.2) is 48.5 Å². The van der Waals surface area contributed by atoms with Gasteiger partial charge in [0.05, 0.1) is 0 Å². The maximum Gasteiger partial charge on any atom is 0.255 e. The molecule has 128 valence electrons. The molecule has 1 fully saturated rings. The van der Waals surface area contributed by atoms with Crippen LogP contribution in [0.2, 0.25) is 0 Å². The molecule has 2 aromatic rings. The summed E-state index contributed by atoms with van der Waals surface area (Å²) in [5.74, 6) is 0.359. The maximum absolute atomic E-state index is 12.7. The Bertz CT molecular complexity index is 795. The lowest BCUT2D eigenvalue weighted by atomic mass is 10.1. The van der Waals surface area contributed by atoms with Crippen molar-refractivity contribution in [3.8, 4) is 0 Å². The van der Waals surface area contributed by atoms with Crippen LogP contribution in [0.5, 0.6) is 0 Å². The molecule has 1 heterocycles. The van der Waals surface area contributed by atoms with Crippen LogP contribution in [0.3, 0.4) is 0 Å². The zero-order valence-corrected chi connectivity index (χ0v) is 14.2. The standard InChI is InChI=1S/C21H22N2O2/c24-20(15-6-2-1-3-7-15)22-18-10-11-19-17(14-18)12-13-23(19)21(25)16-8-4-5-9-16/h1-3,6-7,10-11,14,16H,4-5,8-9,12-13H2,(H,22,24). The van der Waals surface area contributed by atoms with Gasteiger partial charge in [0.2, 0.25) is 5.91 Å². The van der Waals surface area contributed by atoms with Crippen molar-refractivity contribution in [3.63, 3.8) is 0 Å². The second kappa shape index (κ2) is 6.71. The molecule has 0 bridgehead atoms. The van der Waals surface area contributed by atoms with Gasteiger partial charge in [-0.05, 0) is 55.2 Å². The van der Waals surface area contributed by atoms with Crippen molar-refractivity contribution >= 4 is 23.2 Å². The van der Waals surface area contributed by atoms with Crippen LogP contribution < -0.4 is 10.2 Å². The molecule has 2 aliphatic rings. The SMILES string of the molecule is O=C(Nc1ccc2c(c1)CCN2C(=O)C1CCCC1)c1ccccc1. The van der Waals surface area contributed by atoms with E-state index >= 15 is 0 Å². The van der Waals surface area contributed by atoms with Crippen molar-refractivity contribution in [2.75, 3.05) is 16.8 Å². The van der Waals surface area contributed by atoms with E-state index in [0.717, 1.165) is 42.7 Å². The number of rotatable bonds is 3. The van der Waals surface area contributed by atoms with Gasteiger partial charge in [-0.25, -0.2) is 0 Å². The molecule has 1 aliphatic carbocycles. The van der Waals surface area contributed by atoms with E-state index in [0.29, 0.717) is 5.56 Å². The molecule has 1 N–H and O–H groups in total. The number of anilines is 2. The van der Waals surface area contributed by atoms with Crippen LogP contribution >= 0.6 is 0 Å². The number of fused-ring (bicyclic) bond motifs is 1. The van der Waals surface area contributed by atoms with Gasteiger partial charge in [-0.1, -0.05) is 31.0 Å². The molecule has 4 rings (SSSR count). The summed E-state index contributed by atoms with van der Waals surface area (Å²) in [6, 6.07) is 15.0. The number of benzene rings is 2. The molecule has 2 amide bonds. The molecule has 25 heavy (non-hydrogen) atoms. The Balaban J connectivity index is 1.49. The number of nitrogens with zero attached hydrogens (tertiary/aromatic N) is 1. The normalized spacial score (nSPS) is 16.7. The van der Waals surface area contributed by atoms with Crippen molar-refractivity contribution < 1.29 is 9.59 Å². The van der Waals surface area contributed by atoms with Gasteiger partial charge in [-0.15, -0.1) is 0 Å². The Kier molecular flexibility index (Phi) is 4.26. The van der Waals surface area contributed by atoms with E-state index in [1.807, 2.05) is 41.3 Å². The fraction of sp³-hybridized carbons (Fsp3) is 0.333. The number of carbonyl (C=O) groups excluding carboxylic acids is 2. The van der Waals surface area contributed by atoms with Crippen LogP contribution in [0.25, 0.3) is 0 Å². The highest BCUT2D eigenvalue weighted by molar-refractivity contribution is 6.04. The number of carbonyl (C=O) groups is 2. The lowest BCUT2D eigenvalue weighted by Crippen LogP contribution is -2.33. The van der Waals surface area contributed by atoms with Crippen LogP contribution in [0.1, 0.15) is 41.6 Å². The smallest absolute Gasteiger partial charge is 0.255 e. The Morgan fingerprint density at radius 2 is 1.76 bits per heavy atom. The molecule has 0 radical (unpaired) electrons. The lowest BCUT2D eigenvalue weighted by molar-refractivity contribution is -0.122. The van der Waals surface area contributed by atoms with E-state index in [-0.39, 0.29) is 17.7 Å². The van der Waals surface area contributed by atoms with Gasteiger partial charge < -0.3 is 10.2 Å². The molecular weight excluding hydrogens is 312 g/mol. The summed E-state index contributed by atoms with van der Waals surface area (Å²) >= 11 is 0. The van der Waals surface area contributed by atoms with Crippen LogP contribution in [-0.4, -0.2) is 18.4 Å². The number of hydrogen-bond donors (Lipinski definition) is 1. The van der Waals surface area contributed by atoms with Crippen LogP contribution in [0, 0.1) is 5.92 Å². The average Bonchev–Trinajstić information content (AvgIpc) is 3.31. The Morgan fingerprint density at radius 3 is 2.52 bits per heavy atom. The van der Waals surface area contributed by atoms with E-state index in [1.165, 1.54) is 12.8 Å². The summed E-state index contributed by atoms with van der Waals surface area (Å²) in [5.41, 5.74) is 3.57. The Labute approximate surface area is 147 Å². The topological polar surface area (TPSA) is 49.4 Å². The minimum Gasteiger partial charge on any atom is -0.322 e.